The van der Waals surface area contributed by atoms with Gasteiger partial charge in [0.05, 0.1) is 22.3 Å². The van der Waals surface area contributed by atoms with E-state index in [0.717, 1.165) is 11.1 Å². The van der Waals surface area contributed by atoms with Crippen molar-refractivity contribution >= 4 is 50.7 Å². The van der Waals surface area contributed by atoms with Gasteiger partial charge in [-0.1, -0.05) is 59.6 Å². The van der Waals surface area contributed by atoms with Crippen LogP contribution in [0.1, 0.15) is 27.0 Å². The molecule has 0 atom stereocenters. The minimum atomic E-state index is -3.64. The predicted octanol–water partition coefficient (Wildman–Crippen LogP) is 4.09. The second-order valence-corrected chi connectivity index (χ2v) is 11.6. The first-order chi connectivity index (χ1) is 18.0. The Morgan fingerprint density at radius 2 is 1.45 bits per heavy atom. The second kappa shape index (κ2) is 13.6. The van der Waals surface area contributed by atoms with Gasteiger partial charge in [-0.2, -0.15) is 0 Å². The van der Waals surface area contributed by atoms with Crippen LogP contribution in [0.3, 0.4) is 0 Å². The van der Waals surface area contributed by atoms with Crippen molar-refractivity contribution in [3.8, 4) is 0 Å². The molecule has 202 valence electrons. The number of halogens is 2. The molecule has 3 N–H and O–H groups in total. The Morgan fingerprint density at radius 1 is 0.842 bits per heavy atom. The highest BCUT2D eigenvalue weighted by Crippen LogP contribution is 2.26. The lowest BCUT2D eigenvalue weighted by Gasteiger charge is -2.11. The topological polar surface area (TPSA) is 108 Å². The Balaban J connectivity index is 1.47. The lowest BCUT2D eigenvalue weighted by Crippen LogP contribution is -2.32. The largest absolute Gasteiger partial charge is 0.351 e. The highest BCUT2D eigenvalue weighted by molar-refractivity contribution is 7.92. The van der Waals surface area contributed by atoms with Gasteiger partial charge in [0.25, 0.3) is 5.91 Å². The molecule has 0 heterocycles. The number of benzene rings is 3. The Labute approximate surface area is 233 Å². The minimum Gasteiger partial charge on any atom is -0.351 e. The number of likely N-dealkylation sites (N-methyl/N-ethyl adjacent to an activating group) is 1. The summed E-state index contributed by atoms with van der Waals surface area (Å²) in [5.74, 6) is -0.501. The molecule has 38 heavy (non-hydrogen) atoms. The molecule has 8 nitrogen and oxygen atoms in total. The lowest BCUT2D eigenvalue weighted by molar-refractivity contribution is -0.121. The van der Waals surface area contributed by atoms with Crippen LogP contribution in [-0.4, -0.2) is 51.5 Å². The number of aryl methyl sites for hydroxylation is 1. The van der Waals surface area contributed by atoms with Crippen LogP contribution >= 0.6 is 23.2 Å². The summed E-state index contributed by atoms with van der Waals surface area (Å²) >= 11 is 12.1. The molecule has 0 aliphatic rings. The number of sulfonamides is 1. The molecule has 0 saturated carbocycles. The van der Waals surface area contributed by atoms with Gasteiger partial charge in [-0.3, -0.25) is 14.3 Å². The standard InChI is InChI=1S/C27H30Cl2N4O4S/c1-33(2)18-25(34)30-16-19-6-8-20(9-7-19)17-31-27(35)22-10-12-23(13-11-22)32-38(36,37)15-14-21-4-3-5-24(28)26(21)29/h3-13,32H,14-18H2,1-2H3,(H,30,34)(H,31,35). The van der Waals surface area contributed by atoms with E-state index in [1.54, 1.807) is 35.2 Å². The van der Waals surface area contributed by atoms with Gasteiger partial charge in [-0.15, -0.1) is 0 Å². The van der Waals surface area contributed by atoms with Crippen LogP contribution in [-0.2, 0) is 34.3 Å². The van der Waals surface area contributed by atoms with E-state index >= 15 is 0 Å². The fourth-order valence-electron chi connectivity index (χ4n) is 3.51. The van der Waals surface area contributed by atoms with Gasteiger partial charge >= 0.3 is 0 Å². The van der Waals surface area contributed by atoms with Crippen LogP contribution in [0.2, 0.25) is 10.0 Å². The number of hydrogen-bond acceptors (Lipinski definition) is 5. The van der Waals surface area contributed by atoms with Gasteiger partial charge in [-0.25, -0.2) is 8.42 Å². The summed E-state index contributed by atoms with van der Waals surface area (Å²) in [6, 6.07) is 18.9. The van der Waals surface area contributed by atoms with Crippen molar-refractivity contribution in [3.05, 3.63) is 99.0 Å². The molecule has 0 bridgehead atoms. The Hall–Kier alpha value is -3.11. The molecule has 0 unspecified atom stereocenters. The Bertz CT molecular complexity index is 1360. The lowest BCUT2D eigenvalue weighted by atomic mass is 10.1. The van der Waals surface area contributed by atoms with Crippen molar-refractivity contribution in [2.75, 3.05) is 31.1 Å². The number of hydrogen-bond donors (Lipinski definition) is 3. The zero-order valence-corrected chi connectivity index (χ0v) is 23.5. The molecule has 3 aromatic rings. The number of rotatable bonds is 12. The van der Waals surface area contributed by atoms with E-state index < -0.39 is 10.0 Å². The molecule has 0 saturated heterocycles. The van der Waals surface area contributed by atoms with Gasteiger partial charge in [-0.05, 0) is 67.5 Å². The molecule has 11 heteroatoms. The number of nitrogens with zero attached hydrogens (tertiary/aromatic N) is 1. The SMILES string of the molecule is CN(C)CC(=O)NCc1ccc(CNC(=O)c2ccc(NS(=O)(=O)CCc3cccc(Cl)c3Cl)cc2)cc1. The van der Waals surface area contributed by atoms with Crippen LogP contribution in [0.15, 0.2) is 66.7 Å². The van der Waals surface area contributed by atoms with Crippen molar-refractivity contribution in [2.45, 2.75) is 19.5 Å². The van der Waals surface area contributed by atoms with Gasteiger partial charge in [0.2, 0.25) is 15.9 Å². The highest BCUT2D eigenvalue weighted by atomic mass is 35.5. The summed E-state index contributed by atoms with van der Waals surface area (Å²) in [6.07, 6.45) is 0.210. The number of carbonyl (C=O) groups excluding carboxylic acids is 2. The van der Waals surface area contributed by atoms with E-state index in [0.29, 0.717) is 46.5 Å². The summed E-state index contributed by atoms with van der Waals surface area (Å²) < 4.78 is 27.5. The van der Waals surface area contributed by atoms with E-state index in [9.17, 15) is 18.0 Å². The van der Waals surface area contributed by atoms with Crippen molar-refractivity contribution < 1.29 is 18.0 Å². The zero-order valence-electron chi connectivity index (χ0n) is 21.1. The molecule has 0 aromatic heterocycles. The first-order valence-corrected chi connectivity index (χ1v) is 14.2. The molecule has 3 aromatic carbocycles. The summed E-state index contributed by atoms with van der Waals surface area (Å²) in [4.78, 5) is 26.1. The average Bonchev–Trinajstić information content (AvgIpc) is 2.87. The smallest absolute Gasteiger partial charge is 0.251 e. The first-order valence-electron chi connectivity index (χ1n) is 11.8. The molecule has 0 spiro atoms. The monoisotopic (exact) mass is 576 g/mol. The number of amides is 2. The summed E-state index contributed by atoms with van der Waals surface area (Å²) in [5.41, 5.74) is 3.27. The van der Waals surface area contributed by atoms with E-state index in [-0.39, 0.29) is 24.0 Å². The third-order valence-corrected chi connectivity index (χ3v) is 7.66. The maximum absolute atomic E-state index is 12.5. The van der Waals surface area contributed by atoms with Crippen molar-refractivity contribution in [2.24, 2.45) is 0 Å². The maximum atomic E-state index is 12.5. The fraction of sp³-hybridized carbons (Fsp3) is 0.259. The molecule has 0 radical (unpaired) electrons. The second-order valence-electron chi connectivity index (χ2n) is 8.97. The molecular weight excluding hydrogens is 547 g/mol. The summed E-state index contributed by atoms with van der Waals surface area (Å²) in [7, 11) is 0.0307. The van der Waals surface area contributed by atoms with E-state index in [4.69, 9.17) is 23.2 Å². The Morgan fingerprint density at radius 3 is 2.05 bits per heavy atom. The van der Waals surface area contributed by atoms with Gasteiger partial charge in [0.1, 0.15) is 0 Å². The van der Waals surface area contributed by atoms with Crippen LogP contribution in [0.4, 0.5) is 5.69 Å². The number of anilines is 1. The van der Waals surface area contributed by atoms with Gasteiger partial charge in [0.15, 0.2) is 0 Å². The van der Waals surface area contributed by atoms with Gasteiger partial charge < -0.3 is 15.5 Å². The van der Waals surface area contributed by atoms with Crippen LogP contribution in [0.5, 0.6) is 0 Å². The van der Waals surface area contributed by atoms with Gasteiger partial charge in [0, 0.05) is 24.3 Å². The molecule has 0 fully saturated rings. The highest BCUT2D eigenvalue weighted by Gasteiger charge is 2.14. The quantitative estimate of drug-likeness (QED) is 0.301. The molecule has 0 aliphatic carbocycles. The number of nitrogens with one attached hydrogen (secondary N) is 3. The molecule has 0 aliphatic heterocycles. The number of carbonyl (C=O) groups is 2. The third-order valence-electron chi connectivity index (χ3n) is 5.52. The van der Waals surface area contributed by atoms with Crippen molar-refractivity contribution in [3.63, 3.8) is 0 Å². The van der Waals surface area contributed by atoms with Crippen molar-refractivity contribution in [1.29, 1.82) is 0 Å². The maximum Gasteiger partial charge on any atom is 0.251 e. The van der Waals surface area contributed by atoms with Crippen LogP contribution in [0.25, 0.3) is 0 Å². The van der Waals surface area contributed by atoms with Crippen LogP contribution < -0.4 is 15.4 Å². The first kappa shape index (κ1) is 29.4. The summed E-state index contributed by atoms with van der Waals surface area (Å²) in [6.45, 7) is 1.09. The third kappa shape index (κ3) is 9.33. The summed E-state index contributed by atoms with van der Waals surface area (Å²) in [5, 5.41) is 6.43. The minimum absolute atomic E-state index is 0.0485. The fourth-order valence-corrected chi connectivity index (χ4v) is 5.01. The average molecular weight is 578 g/mol. The molecular formula is C27H30Cl2N4O4S. The van der Waals surface area contributed by atoms with Crippen molar-refractivity contribution in [1.82, 2.24) is 15.5 Å². The van der Waals surface area contributed by atoms with E-state index in [2.05, 4.69) is 15.4 Å². The van der Waals surface area contributed by atoms with E-state index in [1.807, 2.05) is 38.4 Å². The van der Waals surface area contributed by atoms with Crippen LogP contribution in [0, 0.1) is 0 Å². The predicted molar refractivity (Wildman–Crippen MR) is 152 cm³/mol. The molecule has 2 amide bonds. The van der Waals surface area contributed by atoms with E-state index in [1.165, 1.54) is 12.1 Å². The normalized spacial score (nSPS) is 11.3. The Kier molecular flexibility index (Phi) is 10.6. The zero-order chi connectivity index (χ0) is 27.7. The molecule has 3 rings (SSSR count).